The standard InChI is InChI=1S/C22H25N3O3S/c1-5-28-18-11-10-14-8-6-7-9-15(14)19(18)21(26)23-20-16-12-29(27)13-17(16)24-25(20)22(2,3)4/h6-11H,5,12-13H2,1-4H3,(H,23,26). The molecule has 0 spiro atoms. The minimum Gasteiger partial charge on any atom is -0.493 e. The van der Waals surface area contributed by atoms with Crippen molar-refractivity contribution >= 4 is 33.3 Å². The summed E-state index contributed by atoms with van der Waals surface area (Å²) in [4.78, 5) is 13.5. The summed E-state index contributed by atoms with van der Waals surface area (Å²) in [5, 5.41) is 9.53. The minimum atomic E-state index is -0.974. The minimum absolute atomic E-state index is 0.254. The molecule has 0 radical (unpaired) electrons. The quantitative estimate of drug-likeness (QED) is 0.698. The van der Waals surface area contributed by atoms with E-state index in [0.717, 1.165) is 22.0 Å². The average molecular weight is 412 g/mol. The van der Waals surface area contributed by atoms with Crippen LogP contribution in [0.1, 0.15) is 49.3 Å². The molecule has 0 aliphatic carbocycles. The van der Waals surface area contributed by atoms with E-state index in [-0.39, 0.29) is 11.4 Å². The first-order valence-corrected chi connectivity index (χ1v) is 11.2. The second-order valence-electron chi connectivity index (χ2n) is 8.13. The third kappa shape index (κ3) is 3.55. The highest BCUT2D eigenvalue weighted by Crippen LogP contribution is 2.35. The summed E-state index contributed by atoms with van der Waals surface area (Å²) in [5.41, 5.74) is 1.84. The number of hydrogen-bond donors (Lipinski definition) is 1. The molecule has 1 atom stereocenters. The van der Waals surface area contributed by atoms with Gasteiger partial charge in [0.2, 0.25) is 0 Å². The zero-order chi connectivity index (χ0) is 20.8. The van der Waals surface area contributed by atoms with E-state index in [2.05, 4.69) is 10.4 Å². The predicted octanol–water partition coefficient (Wildman–Crippen LogP) is 4.20. The molecule has 1 aliphatic rings. The highest BCUT2D eigenvalue weighted by molar-refractivity contribution is 7.83. The smallest absolute Gasteiger partial charge is 0.261 e. The maximum absolute atomic E-state index is 13.5. The Morgan fingerprint density at radius 2 is 1.97 bits per heavy atom. The maximum atomic E-state index is 13.5. The lowest BCUT2D eigenvalue weighted by molar-refractivity contribution is 0.102. The Morgan fingerprint density at radius 1 is 1.21 bits per heavy atom. The predicted molar refractivity (Wildman–Crippen MR) is 116 cm³/mol. The van der Waals surface area contributed by atoms with Crippen LogP contribution >= 0.6 is 0 Å². The van der Waals surface area contributed by atoms with Crippen LogP contribution in [0, 0.1) is 0 Å². The molecule has 0 bridgehead atoms. The molecule has 1 aromatic heterocycles. The van der Waals surface area contributed by atoms with Gasteiger partial charge in [-0.15, -0.1) is 0 Å². The van der Waals surface area contributed by atoms with E-state index >= 15 is 0 Å². The van der Waals surface area contributed by atoms with Gasteiger partial charge in [-0.1, -0.05) is 30.3 Å². The maximum Gasteiger partial charge on any atom is 0.261 e. The van der Waals surface area contributed by atoms with Crippen LogP contribution in [0.3, 0.4) is 0 Å². The molecule has 0 saturated heterocycles. The lowest BCUT2D eigenvalue weighted by Crippen LogP contribution is -2.27. The number of benzene rings is 2. The van der Waals surface area contributed by atoms with Gasteiger partial charge in [0.15, 0.2) is 0 Å². The second-order valence-corrected chi connectivity index (χ2v) is 9.59. The number of fused-ring (bicyclic) bond motifs is 2. The lowest BCUT2D eigenvalue weighted by atomic mass is 10.0. The van der Waals surface area contributed by atoms with Gasteiger partial charge < -0.3 is 10.1 Å². The summed E-state index contributed by atoms with van der Waals surface area (Å²) in [5.74, 6) is 1.76. The Morgan fingerprint density at radius 3 is 2.69 bits per heavy atom. The van der Waals surface area contributed by atoms with Crippen LogP contribution in [0.2, 0.25) is 0 Å². The Bertz CT molecular complexity index is 1130. The molecule has 1 N–H and O–H groups in total. The van der Waals surface area contributed by atoms with E-state index in [1.54, 1.807) is 0 Å². The van der Waals surface area contributed by atoms with Crippen LogP contribution in [0.15, 0.2) is 36.4 Å². The van der Waals surface area contributed by atoms with Crippen molar-refractivity contribution < 1.29 is 13.7 Å². The molecule has 1 amide bonds. The molecule has 4 rings (SSSR count). The molecule has 29 heavy (non-hydrogen) atoms. The number of nitrogens with one attached hydrogen (secondary N) is 1. The number of aromatic nitrogens is 2. The van der Waals surface area contributed by atoms with E-state index in [0.29, 0.717) is 35.2 Å². The Labute approximate surface area is 172 Å². The van der Waals surface area contributed by atoms with Crippen LogP contribution < -0.4 is 10.1 Å². The van der Waals surface area contributed by atoms with Gasteiger partial charge in [-0.3, -0.25) is 9.00 Å². The van der Waals surface area contributed by atoms with Crippen LogP contribution in [0.4, 0.5) is 5.82 Å². The van der Waals surface area contributed by atoms with Gasteiger partial charge in [0, 0.05) is 16.4 Å². The number of nitrogens with zero attached hydrogens (tertiary/aromatic N) is 2. The summed E-state index contributed by atoms with van der Waals surface area (Å²) < 4.78 is 19.7. The molecular formula is C22H25N3O3S. The number of rotatable bonds is 4. The van der Waals surface area contributed by atoms with Gasteiger partial charge in [0.05, 0.1) is 34.9 Å². The first kappa shape index (κ1) is 19.6. The molecule has 2 aromatic carbocycles. The Kier molecular flexibility index (Phi) is 4.94. The zero-order valence-corrected chi connectivity index (χ0v) is 17.9. The van der Waals surface area contributed by atoms with Crippen molar-refractivity contribution in [1.29, 1.82) is 0 Å². The third-order valence-electron chi connectivity index (χ3n) is 4.95. The van der Waals surface area contributed by atoms with Crippen molar-refractivity contribution in [2.24, 2.45) is 0 Å². The number of ether oxygens (including phenoxy) is 1. The van der Waals surface area contributed by atoms with Crippen LogP contribution in [0.25, 0.3) is 10.8 Å². The first-order valence-electron chi connectivity index (χ1n) is 9.71. The van der Waals surface area contributed by atoms with Crippen LogP contribution in [-0.4, -0.2) is 26.5 Å². The number of anilines is 1. The molecular weight excluding hydrogens is 386 g/mol. The fraction of sp³-hybridized carbons (Fsp3) is 0.364. The van der Waals surface area contributed by atoms with Gasteiger partial charge in [0.1, 0.15) is 11.6 Å². The molecule has 6 nitrogen and oxygen atoms in total. The van der Waals surface area contributed by atoms with Crippen molar-refractivity contribution in [3.05, 3.63) is 53.2 Å². The largest absolute Gasteiger partial charge is 0.493 e. The van der Waals surface area contributed by atoms with E-state index in [9.17, 15) is 9.00 Å². The first-order chi connectivity index (χ1) is 13.8. The number of amides is 1. The van der Waals surface area contributed by atoms with Crippen LogP contribution in [-0.2, 0) is 27.8 Å². The van der Waals surface area contributed by atoms with Crippen molar-refractivity contribution in [3.63, 3.8) is 0 Å². The van der Waals surface area contributed by atoms with E-state index < -0.39 is 10.8 Å². The summed E-state index contributed by atoms with van der Waals surface area (Å²) in [6.45, 7) is 8.46. The molecule has 7 heteroatoms. The fourth-order valence-electron chi connectivity index (χ4n) is 3.67. The number of carbonyl (C=O) groups excluding carboxylic acids is 1. The highest BCUT2D eigenvalue weighted by atomic mass is 32.2. The average Bonchev–Trinajstić information content (AvgIpc) is 3.18. The fourth-order valence-corrected chi connectivity index (χ4v) is 4.94. The zero-order valence-electron chi connectivity index (χ0n) is 17.1. The van der Waals surface area contributed by atoms with Gasteiger partial charge >= 0.3 is 0 Å². The van der Waals surface area contributed by atoms with Crippen molar-refractivity contribution in [1.82, 2.24) is 9.78 Å². The molecule has 0 saturated carbocycles. The topological polar surface area (TPSA) is 73.2 Å². The highest BCUT2D eigenvalue weighted by Gasteiger charge is 2.32. The van der Waals surface area contributed by atoms with E-state index in [1.165, 1.54) is 0 Å². The number of hydrogen-bond acceptors (Lipinski definition) is 4. The summed E-state index contributed by atoms with van der Waals surface area (Å²) in [6.07, 6.45) is 0. The number of carbonyl (C=O) groups is 1. The molecule has 3 aromatic rings. The van der Waals surface area contributed by atoms with Crippen molar-refractivity contribution in [2.45, 2.75) is 44.7 Å². The lowest BCUT2D eigenvalue weighted by Gasteiger charge is -2.23. The monoisotopic (exact) mass is 411 g/mol. The van der Waals surface area contributed by atoms with Gasteiger partial charge in [-0.05, 0) is 44.5 Å². The van der Waals surface area contributed by atoms with Gasteiger partial charge in [0.25, 0.3) is 5.91 Å². The van der Waals surface area contributed by atoms with Crippen molar-refractivity contribution in [3.8, 4) is 5.75 Å². The molecule has 0 fully saturated rings. The normalized spacial score (nSPS) is 16.1. The van der Waals surface area contributed by atoms with Gasteiger partial charge in [-0.2, -0.15) is 5.10 Å². The molecule has 1 unspecified atom stereocenters. The Hall–Kier alpha value is -2.67. The Balaban J connectivity index is 1.82. The van der Waals surface area contributed by atoms with Crippen molar-refractivity contribution in [2.75, 3.05) is 11.9 Å². The summed E-state index contributed by atoms with van der Waals surface area (Å²) in [6, 6.07) is 11.5. The second kappa shape index (κ2) is 7.30. The van der Waals surface area contributed by atoms with E-state index in [4.69, 9.17) is 4.74 Å². The molecule has 152 valence electrons. The summed E-state index contributed by atoms with van der Waals surface area (Å²) >= 11 is 0. The van der Waals surface area contributed by atoms with E-state index in [1.807, 2.05) is 68.8 Å². The summed E-state index contributed by atoms with van der Waals surface area (Å²) in [7, 11) is -0.974. The SMILES string of the molecule is CCOc1ccc2ccccc2c1C(=O)Nc1c2c(nn1C(C)(C)C)CS(=O)C2. The molecule has 2 heterocycles. The molecule has 1 aliphatic heterocycles. The van der Waals surface area contributed by atoms with Crippen LogP contribution in [0.5, 0.6) is 5.75 Å². The third-order valence-corrected chi connectivity index (χ3v) is 6.16. The van der Waals surface area contributed by atoms with Gasteiger partial charge in [-0.25, -0.2) is 4.68 Å².